The van der Waals surface area contributed by atoms with E-state index in [-0.39, 0.29) is 12.5 Å². The summed E-state index contributed by atoms with van der Waals surface area (Å²) in [5.74, 6) is -0.210. The average Bonchev–Trinajstić information content (AvgIpc) is 2.48. The second kappa shape index (κ2) is 7.40. The summed E-state index contributed by atoms with van der Waals surface area (Å²) >= 11 is 3.35. The number of amides is 1. The number of carbonyl (C=O) groups is 1. The number of carbonyl (C=O) groups excluding carboxylic acids is 1. The van der Waals surface area contributed by atoms with E-state index in [1.807, 2.05) is 24.3 Å². The zero-order valence-electron chi connectivity index (χ0n) is 10.6. The number of rotatable bonds is 5. The van der Waals surface area contributed by atoms with Crippen LogP contribution in [-0.2, 0) is 4.79 Å². The minimum atomic E-state index is -0.210. The number of hydrogen-bond donors (Lipinski definition) is 2. The molecule has 0 unspecified atom stereocenters. The zero-order valence-corrected chi connectivity index (χ0v) is 12.2. The monoisotopic (exact) mass is 332 g/mol. The predicted octanol–water partition coefficient (Wildman–Crippen LogP) is 2.41. The third kappa shape index (κ3) is 4.81. The number of nitrogens with zero attached hydrogens (tertiary/aromatic N) is 2. The third-order valence-electron chi connectivity index (χ3n) is 2.41. The van der Waals surface area contributed by atoms with Crippen LogP contribution in [0.4, 0.5) is 5.69 Å². The fourth-order valence-corrected chi connectivity index (χ4v) is 1.68. The van der Waals surface area contributed by atoms with Crippen LogP contribution < -0.4 is 10.7 Å². The van der Waals surface area contributed by atoms with Crippen LogP contribution in [0.2, 0.25) is 0 Å². The van der Waals surface area contributed by atoms with Crippen molar-refractivity contribution in [1.82, 2.24) is 10.4 Å². The molecule has 0 aliphatic heterocycles. The summed E-state index contributed by atoms with van der Waals surface area (Å²) in [5.41, 5.74) is 4.20. The highest BCUT2D eigenvalue weighted by molar-refractivity contribution is 9.10. The maximum Gasteiger partial charge on any atom is 0.259 e. The van der Waals surface area contributed by atoms with Crippen molar-refractivity contribution in [3.63, 3.8) is 0 Å². The molecule has 0 bridgehead atoms. The fraction of sp³-hybridized carbons (Fsp3) is 0.0714. The molecule has 0 saturated heterocycles. The molecule has 0 atom stereocenters. The maximum absolute atomic E-state index is 11.6. The lowest BCUT2D eigenvalue weighted by molar-refractivity contribution is -0.119. The van der Waals surface area contributed by atoms with Gasteiger partial charge in [-0.1, -0.05) is 15.9 Å². The van der Waals surface area contributed by atoms with Crippen molar-refractivity contribution < 1.29 is 4.79 Å². The van der Waals surface area contributed by atoms with E-state index in [0.717, 1.165) is 15.7 Å². The van der Waals surface area contributed by atoms with Gasteiger partial charge in [0.25, 0.3) is 5.91 Å². The molecule has 2 aromatic rings. The predicted molar refractivity (Wildman–Crippen MR) is 82.6 cm³/mol. The van der Waals surface area contributed by atoms with Gasteiger partial charge in [0, 0.05) is 22.6 Å². The molecule has 0 fully saturated rings. The molecule has 1 aromatic heterocycles. The quantitative estimate of drug-likeness (QED) is 0.652. The highest BCUT2D eigenvalue weighted by Crippen LogP contribution is 2.13. The van der Waals surface area contributed by atoms with Crippen molar-refractivity contribution in [3.8, 4) is 0 Å². The van der Waals surface area contributed by atoms with E-state index in [4.69, 9.17) is 0 Å². The molecule has 102 valence electrons. The lowest BCUT2D eigenvalue weighted by Gasteiger charge is -2.04. The van der Waals surface area contributed by atoms with Crippen molar-refractivity contribution in [2.24, 2.45) is 5.10 Å². The van der Waals surface area contributed by atoms with Gasteiger partial charge in [-0.15, -0.1) is 0 Å². The molecule has 1 heterocycles. The van der Waals surface area contributed by atoms with Crippen molar-refractivity contribution in [2.75, 3.05) is 11.9 Å². The minimum Gasteiger partial charge on any atom is -0.376 e. The molecular weight excluding hydrogens is 320 g/mol. The Morgan fingerprint density at radius 1 is 1.20 bits per heavy atom. The molecule has 5 nitrogen and oxygen atoms in total. The van der Waals surface area contributed by atoms with Gasteiger partial charge in [0.2, 0.25) is 0 Å². The molecule has 6 heteroatoms. The Hall–Kier alpha value is -2.21. The van der Waals surface area contributed by atoms with Crippen LogP contribution in [0.1, 0.15) is 5.56 Å². The van der Waals surface area contributed by atoms with Gasteiger partial charge in [0.15, 0.2) is 0 Å². The number of hydrazone groups is 1. The van der Waals surface area contributed by atoms with Crippen LogP contribution in [0, 0.1) is 0 Å². The molecule has 0 spiro atoms. The minimum absolute atomic E-state index is 0.162. The third-order valence-corrected chi connectivity index (χ3v) is 2.93. The largest absolute Gasteiger partial charge is 0.376 e. The van der Waals surface area contributed by atoms with Gasteiger partial charge >= 0.3 is 0 Å². The summed E-state index contributed by atoms with van der Waals surface area (Å²) in [6.07, 6.45) is 4.90. The highest BCUT2D eigenvalue weighted by Gasteiger charge is 1.99. The smallest absolute Gasteiger partial charge is 0.259 e. The first-order chi connectivity index (χ1) is 9.74. The Morgan fingerprint density at radius 3 is 2.60 bits per heavy atom. The number of hydrogen-bond acceptors (Lipinski definition) is 4. The van der Waals surface area contributed by atoms with Crippen LogP contribution >= 0.6 is 15.9 Å². The van der Waals surface area contributed by atoms with E-state index >= 15 is 0 Å². The first-order valence-corrected chi connectivity index (χ1v) is 6.75. The van der Waals surface area contributed by atoms with Gasteiger partial charge in [0.05, 0.1) is 12.8 Å². The van der Waals surface area contributed by atoms with E-state index in [9.17, 15) is 4.79 Å². The molecule has 0 saturated carbocycles. The molecule has 1 amide bonds. The normalized spacial score (nSPS) is 10.4. The van der Waals surface area contributed by atoms with Gasteiger partial charge in [-0.2, -0.15) is 5.10 Å². The molecule has 0 aliphatic carbocycles. The molecule has 0 aliphatic rings. The Balaban J connectivity index is 1.76. The van der Waals surface area contributed by atoms with Gasteiger partial charge in [-0.05, 0) is 42.0 Å². The van der Waals surface area contributed by atoms with Crippen LogP contribution in [0.25, 0.3) is 0 Å². The van der Waals surface area contributed by atoms with Crippen LogP contribution in [0.15, 0.2) is 58.4 Å². The van der Waals surface area contributed by atoms with Gasteiger partial charge in [0.1, 0.15) is 0 Å². The Morgan fingerprint density at radius 2 is 1.90 bits per heavy atom. The number of aromatic nitrogens is 1. The standard InChI is InChI=1S/C14H13BrN4O/c15-12-1-3-13(4-2-12)17-10-14(20)19-18-9-11-5-7-16-8-6-11/h1-9,17H,10H2,(H,19,20)/b18-9+. The number of anilines is 1. The van der Waals surface area contributed by atoms with Crippen LogP contribution in [0.3, 0.4) is 0 Å². The van der Waals surface area contributed by atoms with E-state index in [1.165, 1.54) is 0 Å². The van der Waals surface area contributed by atoms with E-state index in [1.54, 1.807) is 30.7 Å². The summed E-state index contributed by atoms with van der Waals surface area (Å²) < 4.78 is 0.995. The Kier molecular flexibility index (Phi) is 5.25. The number of halogens is 1. The Bertz CT molecular complexity index is 584. The summed E-state index contributed by atoms with van der Waals surface area (Å²) in [6.45, 7) is 0.162. The molecule has 1 aromatic carbocycles. The van der Waals surface area contributed by atoms with Crippen molar-refractivity contribution in [1.29, 1.82) is 0 Å². The zero-order chi connectivity index (χ0) is 14.2. The van der Waals surface area contributed by atoms with Crippen molar-refractivity contribution in [2.45, 2.75) is 0 Å². The second-order valence-electron chi connectivity index (χ2n) is 3.93. The fourth-order valence-electron chi connectivity index (χ4n) is 1.42. The van der Waals surface area contributed by atoms with Gasteiger partial charge in [-0.3, -0.25) is 9.78 Å². The lowest BCUT2D eigenvalue weighted by atomic mass is 10.3. The van der Waals surface area contributed by atoms with Gasteiger partial charge < -0.3 is 5.32 Å². The second-order valence-corrected chi connectivity index (χ2v) is 4.85. The number of benzene rings is 1. The molecule has 20 heavy (non-hydrogen) atoms. The lowest BCUT2D eigenvalue weighted by Crippen LogP contribution is -2.25. The molecule has 2 N–H and O–H groups in total. The summed E-state index contributed by atoms with van der Waals surface area (Å²) in [4.78, 5) is 15.5. The molecule has 0 radical (unpaired) electrons. The van der Waals surface area contributed by atoms with E-state index in [2.05, 4.69) is 36.8 Å². The maximum atomic E-state index is 11.6. The Labute approximate surface area is 125 Å². The topological polar surface area (TPSA) is 66.4 Å². The van der Waals surface area contributed by atoms with Crippen molar-refractivity contribution in [3.05, 3.63) is 58.8 Å². The highest BCUT2D eigenvalue weighted by atomic mass is 79.9. The first-order valence-electron chi connectivity index (χ1n) is 5.95. The molecule has 2 rings (SSSR count). The van der Waals surface area contributed by atoms with Crippen LogP contribution in [0.5, 0.6) is 0 Å². The average molecular weight is 333 g/mol. The van der Waals surface area contributed by atoms with E-state index < -0.39 is 0 Å². The van der Waals surface area contributed by atoms with E-state index in [0.29, 0.717) is 0 Å². The van der Waals surface area contributed by atoms with Crippen LogP contribution in [-0.4, -0.2) is 23.7 Å². The van der Waals surface area contributed by atoms with Crippen molar-refractivity contribution >= 4 is 33.7 Å². The number of nitrogens with one attached hydrogen (secondary N) is 2. The van der Waals surface area contributed by atoms with Gasteiger partial charge in [-0.25, -0.2) is 5.43 Å². The molecular formula is C14H13BrN4O. The summed E-state index contributed by atoms with van der Waals surface area (Å²) in [7, 11) is 0. The first kappa shape index (κ1) is 14.2. The number of pyridine rings is 1. The summed E-state index contributed by atoms with van der Waals surface area (Å²) in [6, 6.07) is 11.2. The SMILES string of the molecule is O=C(CNc1ccc(Br)cc1)N/N=C/c1ccncc1. The summed E-state index contributed by atoms with van der Waals surface area (Å²) in [5, 5.41) is 6.87.